The highest BCUT2D eigenvalue weighted by Gasteiger charge is 2.30. The summed E-state index contributed by atoms with van der Waals surface area (Å²) in [5.41, 5.74) is 0.126. The van der Waals surface area contributed by atoms with Gasteiger partial charge in [-0.15, -0.1) is 0 Å². The maximum atomic E-state index is 13.0. The van der Waals surface area contributed by atoms with Crippen molar-refractivity contribution in [1.82, 2.24) is 0 Å². The Morgan fingerprint density at radius 2 is 1.61 bits per heavy atom. The molecule has 0 spiro atoms. The molecule has 6 nitrogen and oxygen atoms in total. The quantitative estimate of drug-likeness (QED) is 0.487. The van der Waals surface area contributed by atoms with E-state index in [1.807, 2.05) is 0 Å². The fourth-order valence-electron chi connectivity index (χ4n) is 2.81. The number of rotatable bonds is 6. The lowest BCUT2D eigenvalue weighted by Crippen LogP contribution is -2.13. The Labute approximate surface area is 175 Å². The standard InChI is InChI=1S/C22H17F3N2O4/c1-31-19-9-8-13(20(28)27-16-6-2-4-14(10-16)21(29)30)11-18(19)26-17-7-3-5-15(12-17)22(23,24)25/h2-12,26H,1H3,(H,27,28)(H,29,30). The van der Waals surface area contributed by atoms with Crippen molar-refractivity contribution in [3.8, 4) is 5.75 Å². The monoisotopic (exact) mass is 430 g/mol. The maximum absolute atomic E-state index is 13.0. The fraction of sp³-hybridized carbons (Fsp3) is 0.0909. The number of benzene rings is 3. The van der Waals surface area contributed by atoms with Gasteiger partial charge in [-0.2, -0.15) is 13.2 Å². The predicted octanol–water partition coefficient (Wildman–Crippen LogP) is 5.41. The van der Waals surface area contributed by atoms with E-state index in [4.69, 9.17) is 9.84 Å². The van der Waals surface area contributed by atoms with Crippen molar-refractivity contribution in [2.24, 2.45) is 0 Å². The van der Waals surface area contributed by atoms with Gasteiger partial charge in [-0.25, -0.2) is 4.79 Å². The molecule has 0 atom stereocenters. The van der Waals surface area contributed by atoms with Gasteiger partial charge in [0.25, 0.3) is 5.91 Å². The number of methoxy groups -OCH3 is 1. The molecule has 3 aromatic rings. The Balaban J connectivity index is 1.86. The first kappa shape index (κ1) is 21.7. The molecule has 0 unspecified atom stereocenters. The van der Waals surface area contributed by atoms with E-state index in [2.05, 4.69) is 10.6 Å². The average Bonchev–Trinajstić information content (AvgIpc) is 2.73. The molecule has 0 aromatic heterocycles. The van der Waals surface area contributed by atoms with E-state index in [0.717, 1.165) is 12.1 Å². The van der Waals surface area contributed by atoms with Crippen molar-refractivity contribution in [2.45, 2.75) is 6.18 Å². The number of carbonyl (C=O) groups is 2. The van der Waals surface area contributed by atoms with Crippen LogP contribution in [0.5, 0.6) is 5.75 Å². The zero-order valence-corrected chi connectivity index (χ0v) is 16.2. The Kier molecular flexibility index (Phi) is 6.15. The third-order valence-electron chi connectivity index (χ3n) is 4.30. The van der Waals surface area contributed by atoms with Gasteiger partial charge in [0.05, 0.1) is 23.9 Å². The Morgan fingerprint density at radius 3 is 2.29 bits per heavy atom. The predicted molar refractivity (Wildman–Crippen MR) is 109 cm³/mol. The molecule has 31 heavy (non-hydrogen) atoms. The minimum absolute atomic E-state index is 0.0134. The highest BCUT2D eigenvalue weighted by atomic mass is 19.4. The number of anilines is 3. The van der Waals surface area contributed by atoms with E-state index in [9.17, 15) is 22.8 Å². The lowest BCUT2D eigenvalue weighted by Gasteiger charge is -2.15. The van der Waals surface area contributed by atoms with E-state index in [1.165, 1.54) is 61.7 Å². The van der Waals surface area contributed by atoms with Gasteiger partial charge in [0.1, 0.15) is 5.75 Å². The summed E-state index contributed by atoms with van der Waals surface area (Å²) in [7, 11) is 1.39. The van der Waals surface area contributed by atoms with Crippen molar-refractivity contribution in [3.05, 3.63) is 83.4 Å². The van der Waals surface area contributed by atoms with Gasteiger partial charge in [-0.1, -0.05) is 12.1 Å². The van der Waals surface area contributed by atoms with Crippen LogP contribution < -0.4 is 15.4 Å². The van der Waals surface area contributed by atoms with Crippen LogP contribution in [0.3, 0.4) is 0 Å². The van der Waals surface area contributed by atoms with Crippen LogP contribution in [0.2, 0.25) is 0 Å². The molecular weight excluding hydrogens is 413 g/mol. The van der Waals surface area contributed by atoms with Crippen molar-refractivity contribution < 1.29 is 32.6 Å². The number of carbonyl (C=O) groups excluding carboxylic acids is 1. The second-order valence-corrected chi connectivity index (χ2v) is 6.46. The lowest BCUT2D eigenvalue weighted by molar-refractivity contribution is -0.137. The first-order valence-electron chi connectivity index (χ1n) is 8.94. The van der Waals surface area contributed by atoms with Crippen molar-refractivity contribution >= 4 is 28.9 Å². The molecule has 3 N–H and O–H groups in total. The summed E-state index contributed by atoms with van der Waals surface area (Å²) in [5.74, 6) is -1.34. The number of aromatic carboxylic acids is 1. The van der Waals surface area contributed by atoms with Crippen molar-refractivity contribution in [2.75, 3.05) is 17.7 Å². The molecule has 0 bridgehead atoms. The minimum Gasteiger partial charge on any atom is -0.495 e. The smallest absolute Gasteiger partial charge is 0.416 e. The summed E-state index contributed by atoms with van der Waals surface area (Å²) in [6, 6.07) is 14.8. The highest BCUT2D eigenvalue weighted by Crippen LogP contribution is 2.33. The maximum Gasteiger partial charge on any atom is 0.416 e. The van der Waals surface area contributed by atoms with Gasteiger partial charge < -0.3 is 20.5 Å². The SMILES string of the molecule is COc1ccc(C(=O)Nc2cccc(C(=O)O)c2)cc1Nc1cccc(C(F)(F)F)c1. The number of hydrogen-bond acceptors (Lipinski definition) is 4. The highest BCUT2D eigenvalue weighted by molar-refractivity contribution is 6.05. The molecule has 3 rings (SSSR count). The van der Waals surface area contributed by atoms with Crippen molar-refractivity contribution in [3.63, 3.8) is 0 Å². The number of carboxylic acids is 1. The van der Waals surface area contributed by atoms with Crippen LogP contribution in [-0.2, 0) is 6.18 Å². The van der Waals surface area contributed by atoms with E-state index in [0.29, 0.717) is 5.75 Å². The first-order chi connectivity index (χ1) is 14.7. The van der Waals surface area contributed by atoms with Crippen LogP contribution in [0.1, 0.15) is 26.3 Å². The first-order valence-corrected chi connectivity index (χ1v) is 8.94. The summed E-state index contributed by atoms with van der Waals surface area (Å²) in [5, 5.41) is 14.5. The van der Waals surface area contributed by atoms with Crippen LogP contribution in [0.25, 0.3) is 0 Å². The summed E-state index contributed by atoms with van der Waals surface area (Å²) < 4.78 is 44.1. The number of ether oxygens (including phenoxy) is 1. The van der Waals surface area contributed by atoms with E-state index < -0.39 is 23.6 Å². The van der Waals surface area contributed by atoms with Gasteiger partial charge in [0.15, 0.2) is 0 Å². The molecule has 0 aliphatic carbocycles. The van der Waals surface area contributed by atoms with Gasteiger partial charge in [-0.3, -0.25) is 4.79 Å². The van der Waals surface area contributed by atoms with E-state index in [-0.39, 0.29) is 28.2 Å². The Bertz CT molecular complexity index is 1130. The fourth-order valence-corrected chi connectivity index (χ4v) is 2.81. The normalized spacial score (nSPS) is 11.0. The van der Waals surface area contributed by atoms with Gasteiger partial charge in [-0.05, 0) is 54.6 Å². The largest absolute Gasteiger partial charge is 0.495 e. The molecule has 0 aliphatic rings. The Morgan fingerprint density at radius 1 is 0.903 bits per heavy atom. The number of amides is 1. The van der Waals surface area contributed by atoms with E-state index in [1.54, 1.807) is 0 Å². The molecule has 9 heteroatoms. The molecule has 0 aliphatic heterocycles. The summed E-state index contributed by atoms with van der Waals surface area (Å²) in [4.78, 5) is 23.7. The van der Waals surface area contributed by atoms with Crippen LogP contribution in [0.4, 0.5) is 30.2 Å². The van der Waals surface area contributed by atoms with Crippen molar-refractivity contribution in [1.29, 1.82) is 0 Å². The zero-order valence-electron chi connectivity index (χ0n) is 16.2. The zero-order chi connectivity index (χ0) is 22.6. The van der Waals surface area contributed by atoms with Gasteiger partial charge >= 0.3 is 12.1 Å². The van der Waals surface area contributed by atoms with Crippen LogP contribution in [0, 0.1) is 0 Å². The van der Waals surface area contributed by atoms with Crippen LogP contribution >= 0.6 is 0 Å². The summed E-state index contributed by atoms with van der Waals surface area (Å²) in [6.45, 7) is 0. The Hall–Kier alpha value is -4.01. The molecule has 0 heterocycles. The molecule has 160 valence electrons. The average molecular weight is 430 g/mol. The molecule has 0 radical (unpaired) electrons. The topological polar surface area (TPSA) is 87.7 Å². The molecule has 0 saturated carbocycles. The number of alkyl halides is 3. The number of halogens is 3. The summed E-state index contributed by atoms with van der Waals surface area (Å²) >= 11 is 0. The third-order valence-corrected chi connectivity index (χ3v) is 4.30. The molecule has 0 fully saturated rings. The van der Waals surface area contributed by atoms with Gasteiger partial charge in [0.2, 0.25) is 0 Å². The van der Waals surface area contributed by atoms with Crippen LogP contribution in [-0.4, -0.2) is 24.1 Å². The summed E-state index contributed by atoms with van der Waals surface area (Å²) in [6.07, 6.45) is -4.49. The minimum atomic E-state index is -4.49. The van der Waals surface area contributed by atoms with Crippen LogP contribution in [0.15, 0.2) is 66.7 Å². The van der Waals surface area contributed by atoms with Gasteiger partial charge in [0, 0.05) is 16.9 Å². The third kappa shape index (κ3) is 5.33. The number of carboxylic acid groups (broad SMARTS) is 1. The second kappa shape index (κ2) is 8.78. The number of nitrogens with one attached hydrogen (secondary N) is 2. The molecular formula is C22H17F3N2O4. The molecule has 3 aromatic carbocycles. The second-order valence-electron chi connectivity index (χ2n) is 6.46. The van der Waals surface area contributed by atoms with E-state index >= 15 is 0 Å². The number of hydrogen-bond donors (Lipinski definition) is 3. The lowest BCUT2D eigenvalue weighted by atomic mass is 10.1. The molecule has 0 saturated heterocycles. The molecule has 1 amide bonds.